The molecule has 0 unspecified atom stereocenters. The molecule has 0 saturated carbocycles. The van der Waals surface area contributed by atoms with Crippen molar-refractivity contribution in [2.75, 3.05) is 6.61 Å². The van der Waals surface area contributed by atoms with Crippen molar-refractivity contribution in [3.8, 4) is 0 Å². The van der Waals surface area contributed by atoms with Gasteiger partial charge in [0, 0.05) is 26.8 Å². The summed E-state index contributed by atoms with van der Waals surface area (Å²) in [6, 6.07) is 2.87. The average Bonchev–Trinajstić information content (AvgIpc) is 2.89. The van der Waals surface area contributed by atoms with Gasteiger partial charge in [-0.3, -0.25) is 14.4 Å². The lowest BCUT2D eigenvalue weighted by molar-refractivity contribution is -0.765. The number of carbonyl (C=O) groups is 4. The number of pyridine rings is 1. The molecule has 0 amide bonds. The first-order chi connectivity index (χ1) is 12.7. The van der Waals surface area contributed by atoms with Crippen molar-refractivity contribution in [2.24, 2.45) is 0 Å². The van der Waals surface area contributed by atoms with E-state index in [4.69, 9.17) is 24.1 Å². The number of carboxylic acids is 1. The van der Waals surface area contributed by atoms with Crippen LogP contribution in [0.3, 0.4) is 0 Å². The van der Waals surface area contributed by atoms with E-state index < -0.39 is 48.4 Å². The van der Waals surface area contributed by atoms with Crippen LogP contribution in [0.25, 0.3) is 0 Å². The van der Waals surface area contributed by atoms with Gasteiger partial charge in [-0.1, -0.05) is 0 Å². The summed E-state index contributed by atoms with van der Waals surface area (Å²) in [5, 5.41) is 9.17. The van der Waals surface area contributed by atoms with Crippen molar-refractivity contribution in [3.63, 3.8) is 0 Å². The molecule has 4 atom stereocenters. The van der Waals surface area contributed by atoms with Crippen molar-refractivity contribution in [1.82, 2.24) is 0 Å². The van der Waals surface area contributed by atoms with Gasteiger partial charge in [0.1, 0.15) is 18.3 Å². The van der Waals surface area contributed by atoms with E-state index in [2.05, 4.69) is 0 Å². The standard InChI is InChI=1S/C17H19NO9/c1-9(19)24-8-13-14(25-10(2)20)15(26-11(3)21)16(27-13)18-6-4-5-12(7-18)17(22)23/h4-7,13-16H,8H2,1-3H3/p+1/t13-,14-,15+,16-/m1/s1. The summed E-state index contributed by atoms with van der Waals surface area (Å²) in [5.41, 5.74) is -0.0184. The topological polar surface area (TPSA) is 129 Å². The molecule has 0 aliphatic carbocycles. The van der Waals surface area contributed by atoms with Crippen molar-refractivity contribution < 1.29 is 47.8 Å². The van der Waals surface area contributed by atoms with Crippen molar-refractivity contribution >= 4 is 23.9 Å². The third-order valence-electron chi connectivity index (χ3n) is 3.70. The molecule has 2 rings (SSSR count). The van der Waals surface area contributed by atoms with Crippen LogP contribution in [0.15, 0.2) is 24.5 Å². The zero-order valence-electron chi connectivity index (χ0n) is 15.0. The summed E-state index contributed by atoms with van der Waals surface area (Å²) < 4.78 is 22.6. The molecule has 0 spiro atoms. The number of rotatable bonds is 6. The fraction of sp³-hybridized carbons (Fsp3) is 0.471. The summed E-state index contributed by atoms with van der Waals surface area (Å²) >= 11 is 0. The first-order valence-corrected chi connectivity index (χ1v) is 8.06. The Balaban J connectivity index is 2.39. The van der Waals surface area contributed by atoms with Crippen LogP contribution in [0.5, 0.6) is 0 Å². The second-order valence-electron chi connectivity index (χ2n) is 5.86. The zero-order valence-corrected chi connectivity index (χ0v) is 15.0. The van der Waals surface area contributed by atoms with Gasteiger partial charge in [-0.2, -0.15) is 4.57 Å². The lowest BCUT2D eigenvalue weighted by atomic mass is 10.1. The van der Waals surface area contributed by atoms with Crippen LogP contribution in [0.2, 0.25) is 0 Å². The van der Waals surface area contributed by atoms with Gasteiger partial charge in [-0.25, -0.2) is 4.79 Å². The van der Waals surface area contributed by atoms with Gasteiger partial charge in [0.25, 0.3) is 0 Å². The number of aromatic carboxylic acids is 1. The SMILES string of the molecule is CC(=O)OC[C@H]1O[C@@H]([n+]2cccc(C(=O)O)c2)[C@@H](OC(C)=O)[C@@H]1OC(C)=O. The largest absolute Gasteiger partial charge is 0.477 e. The van der Waals surface area contributed by atoms with Crippen LogP contribution in [-0.2, 0) is 33.3 Å². The van der Waals surface area contributed by atoms with Crippen molar-refractivity contribution in [1.29, 1.82) is 0 Å². The van der Waals surface area contributed by atoms with Gasteiger partial charge in [0.2, 0.25) is 6.10 Å². The smallest absolute Gasteiger partial charge is 0.341 e. The normalized spacial score (nSPS) is 24.1. The van der Waals surface area contributed by atoms with Crippen LogP contribution in [0, 0.1) is 0 Å². The molecule has 1 N–H and O–H groups in total. The van der Waals surface area contributed by atoms with E-state index in [1.54, 1.807) is 0 Å². The van der Waals surface area contributed by atoms with Crippen LogP contribution >= 0.6 is 0 Å². The Kier molecular flexibility index (Phi) is 6.45. The first-order valence-electron chi connectivity index (χ1n) is 8.06. The highest BCUT2D eigenvalue weighted by molar-refractivity contribution is 5.86. The molecule has 146 valence electrons. The molecule has 1 aliphatic heterocycles. The molecule has 10 nitrogen and oxygen atoms in total. The molecule has 2 heterocycles. The predicted molar refractivity (Wildman–Crippen MR) is 85.2 cm³/mol. The Labute approximate surface area is 154 Å². The summed E-state index contributed by atoms with van der Waals surface area (Å²) in [6.07, 6.45) is -1.20. The number of hydrogen-bond donors (Lipinski definition) is 1. The van der Waals surface area contributed by atoms with Gasteiger partial charge >= 0.3 is 30.1 Å². The maximum atomic E-state index is 11.5. The number of aromatic nitrogens is 1. The zero-order chi connectivity index (χ0) is 20.1. The lowest BCUT2D eigenvalue weighted by Crippen LogP contribution is -2.48. The molecular weight excluding hydrogens is 362 g/mol. The van der Waals surface area contributed by atoms with Gasteiger partial charge in [0.15, 0.2) is 18.5 Å². The molecule has 1 fully saturated rings. The van der Waals surface area contributed by atoms with E-state index in [0.717, 1.165) is 0 Å². The molecule has 0 aromatic carbocycles. The number of esters is 3. The van der Waals surface area contributed by atoms with E-state index in [0.29, 0.717) is 0 Å². The van der Waals surface area contributed by atoms with E-state index in [1.165, 1.54) is 49.9 Å². The highest BCUT2D eigenvalue weighted by atomic mass is 16.7. The van der Waals surface area contributed by atoms with Gasteiger partial charge in [-0.15, -0.1) is 0 Å². The van der Waals surface area contributed by atoms with Crippen molar-refractivity contribution in [3.05, 3.63) is 30.1 Å². The van der Waals surface area contributed by atoms with E-state index >= 15 is 0 Å². The van der Waals surface area contributed by atoms with Crippen LogP contribution in [0.4, 0.5) is 0 Å². The number of carboxylic acid groups (broad SMARTS) is 1. The minimum Gasteiger partial charge on any atom is -0.477 e. The average molecular weight is 382 g/mol. The number of ether oxygens (including phenoxy) is 4. The molecule has 10 heteroatoms. The fourth-order valence-corrected chi connectivity index (χ4v) is 2.71. The summed E-state index contributed by atoms with van der Waals surface area (Å²) in [4.78, 5) is 45.4. The molecule has 27 heavy (non-hydrogen) atoms. The second-order valence-corrected chi connectivity index (χ2v) is 5.86. The summed E-state index contributed by atoms with van der Waals surface area (Å²) in [6.45, 7) is 3.33. The van der Waals surface area contributed by atoms with E-state index in [-0.39, 0.29) is 12.2 Å². The van der Waals surface area contributed by atoms with E-state index in [9.17, 15) is 19.2 Å². The second kappa shape index (κ2) is 8.58. The molecule has 0 radical (unpaired) electrons. The Morgan fingerprint density at radius 3 is 2.26 bits per heavy atom. The lowest BCUT2D eigenvalue weighted by Gasteiger charge is -2.21. The number of carbonyl (C=O) groups excluding carboxylic acids is 3. The quantitative estimate of drug-likeness (QED) is 0.410. The maximum Gasteiger partial charge on any atom is 0.341 e. The minimum atomic E-state index is -1.15. The van der Waals surface area contributed by atoms with Crippen LogP contribution in [0.1, 0.15) is 37.4 Å². The van der Waals surface area contributed by atoms with Gasteiger partial charge < -0.3 is 24.1 Å². The van der Waals surface area contributed by atoms with Gasteiger partial charge in [-0.05, 0) is 6.07 Å². The third kappa shape index (κ3) is 5.23. The highest BCUT2D eigenvalue weighted by Crippen LogP contribution is 2.31. The Hall–Kier alpha value is -3.01. The van der Waals surface area contributed by atoms with Crippen LogP contribution < -0.4 is 4.57 Å². The molecule has 1 saturated heterocycles. The number of nitrogens with zero attached hydrogens (tertiary/aromatic N) is 1. The minimum absolute atomic E-state index is 0.0184. The Morgan fingerprint density at radius 2 is 1.70 bits per heavy atom. The molecule has 1 aromatic rings. The highest BCUT2D eigenvalue weighted by Gasteiger charge is 2.54. The molecular formula is C17H20NO9+. The fourth-order valence-electron chi connectivity index (χ4n) is 2.71. The molecule has 0 bridgehead atoms. The Bertz CT molecular complexity index is 748. The predicted octanol–water partition coefficient (Wildman–Crippen LogP) is -0.00380. The summed E-state index contributed by atoms with van der Waals surface area (Å²) in [5.74, 6) is -3.00. The first kappa shape index (κ1) is 20.3. The monoisotopic (exact) mass is 382 g/mol. The Morgan fingerprint density at radius 1 is 1.07 bits per heavy atom. The van der Waals surface area contributed by atoms with Crippen molar-refractivity contribution in [2.45, 2.75) is 45.3 Å². The number of hydrogen-bond acceptors (Lipinski definition) is 8. The third-order valence-corrected chi connectivity index (χ3v) is 3.70. The molecule has 1 aliphatic rings. The van der Waals surface area contributed by atoms with Gasteiger partial charge in [0.05, 0.1) is 0 Å². The summed E-state index contributed by atoms with van der Waals surface area (Å²) in [7, 11) is 0. The van der Waals surface area contributed by atoms with E-state index in [1.807, 2.05) is 0 Å². The van der Waals surface area contributed by atoms with Crippen LogP contribution in [-0.4, -0.2) is 53.9 Å². The maximum absolute atomic E-state index is 11.5. The molecule has 1 aromatic heterocycles.